The number of ether oxygens (including phenoxy) is 1. The second-order valence-electron chi connectivity index (χ2n) is 3.63. The van der Waals surface area contributed by atoms with Gasteiger partial charge in [0.15, 0.2) is 0 Å². The van der Waals surface area contributed by atoms with Crippen molar-refractivity contribution in [1.29, 1.82) is 0 Å². The monoisotopic (exact) mass is 207 g/mol. The van der Waals surface area contributed by atoms with Gasteiger partial charge >= 0.3 is 5.97 Å². The lowest BCUT2D eigenvalue weighted by Gasteiger charge is -2.20. The molecule has 0 spiro atoms. The maximum Gasteiger partial charge on any atom is 0.356 e. The quantitative estimate of drug-likeness (QED) is 0.704. The van der Waals surface area contributed by atoms with Crippen LogP contribution in [0.1, 0.15) is 40.7 Å². The van der Waals surface area contributed by atoms with Gasteiger partial charge in [0.25, 0.3) is 0 Å². The van der Waals surface area contributed by atoms with Gasteiger partial charge in [-0.3, -0.25) is 0 Å². The second-order valence-corrected chi connectivity index (χ2v) is 3.63. The summed E-state index contributed by atoms with van der Waals surface area (Å²) in [5, 5.41) is 9.69. The third-order valence-corrected chi connectivity index (χ3v) is 2.65. The van der Waals surface area contributed by atoms with E-state index in [9.17, 15) is 9.90 Å². The largest absolute Gasteiger partial charge is 0.464 e. The van der Waals surface area contributed by atoms with Crippen LogP contribution in [-0.4, -0.2) is 23.2 Å². The van der Waals surface area contributed by atoms with Crippen molar-refractivity contribution in [1.82, 2.24) is 4.98 Å². The van der Waals surface area contributed by atoms with E-state index in [1.54, 1.807) is 12.1 Å². The fraction of sp³-hybridized carbons (Fsp3) is 0.455. The summed E-state index contributed by atoms with van der Waals surface area (Å²) in [4.78, 5) is 15.4. The molecule has 0 aromatic carbocycles. The Hall–Kier alpha value is -1.42. The molecule has 80 valence electrons. The van der Waals surface area contributed by atoms with Crippen LogP contribution in [0.4, 0.5) is 0 Å². The molecule has 2 rings (SSSR count). The van der Waals surface area contributed by atoms with Crippen molar-refractivity contribution in [2.75, 3.05) is 7.11 Å². The Morgan fingerprint density at radius 3 is 3.13 bits per heavy atom. The highest BCUT2D eigenvalue weighted by atomic mass is 16.5. The van der Waals surface area contributed by atoms with Crippen LogP contribution in [0.5, 0.6) is 0 Å². The van der Waals surface area contributed by atoms with E-state index in [4.69, 9.17) is 0 Å². The Morgan fingerprint density at radius 1 is 1.60 bits per heavy atom. The minimum atomic E-state index is -0.437. The summed E-state index contributed by atoms with van der Waals surface area (Å²) in [6.07, 6.45) is 2.06. The van der Waals surface area contributed by atoms with E-state index in [1.807, 2.05) is 0 Å². The zero-order valence-electron chi connectivity index (χ0n) is 8.56. The SMILES string of the molecule is COC(=O)c1ccc2c(n1)CCCC2O. The molecule has 0 radical (unpaired) electrons. The first-order chi connectivity index (χ1) is 7.22. The summed E-state index contributed by atoms with van der Waals surface area (Å²) >= 11 is 0. The van der Waals surface area contributed by atoms with E-state index in [1.165, 1.54) is 7.11 Å². The molecular formula is C11H13NO3. The molecule has 4 nitrogen and oxygen atoms in total. The molecule has 1 unspecified atom stereocenters. The molecule has 1 aliphatic carbocycles. The molecule has 1 aromatic heterocycles. The van der Waals surface area contributed by atoms with Crippen molar-refractivity contribution in [3.05, 3.63) is 29.1 Å². The molecule has 1 aliphatic rings. The number of hydrogen-bond acceptors (Lipinski definition) is 4. The lowest BCUT2D eigenvalue weighted by molar-refractivity contribution is 0.0593. The summed E-state index contributed by atoms with van der Waals surface area (Å²) in [7, 11) is 1.33. The number of carbonyl (C=O) groups excluding carboxylic acids is 1. The molecule has 0 amide bonds. The van der Waals surface area contributed by atoms with Gasteiger partial charge in [-0.25, -0.2) is 9.78 Å². The van der Waals surface area contributed by atoms with Crippen LogP contribution in [0.25, 0.3) is 0 Å². The van der Waals surface area contributed by atoms with Crippen LogP contribution < -0.4 is 0 Å². The number of aryl methyl sites for hydroxylation is 1. The molecule has 4 heteroatoms. The number of nitrogens with zero attached hydrogens (tertiary/aromatic N) is 1. The van der Waals surface area contributed by atoms with Crippen LogP contribution in [-0.2, 0) is 11.2 Å². The predicted octanol–water partition coefficient (Wildman–Crippen LogP) is 1.24. The van der Waals surface area contributed by atoms with Crippen molar-refractivity contribution in [2.24, 2.45) is 0 Å². The van der Waals surface area contributed by atoms with Crippen LogP contribution in [0, 0.1) is 0 Å². The first-order valence-electron chi connectivity index (χ1n) is 4.98. The minimum Gasteiger partial charge on any atom is -0.464 e. The van der Waals surface area contributed by atoms with E-state index < -0.39 is 12.1 Å². The van der Waals surface area contributed by atoms with Crippen molar-refractivity contribution in [3.63, 3.8) is 0 Å². The maximum absolute atomic E-state index is 11.2. The molecule has 15 heavy (non-hydrogen) atoms. The highest BCUT2D eigenvalue weighted by molar-refractivity contribution is 5.87. The lowest BCUT2D eigenvalue weighted by atomic mass is 9.93. The average molecular weight is 207 g/mol. The number of methoxy groups -OCH3 is 1. The summed E-state index contributed by atoms with van der Waals surface area (Å²) in [6, 6.07) is 3.36. The molecule has 1 atom stereocenters. The van der Waals surface area contributed by atoms with Crippen LogP contribution >= 0.6 is 0 Å². The van der Waals surface area contributed by atoms with Gasteiger partial charge in [0.05, 0.1) is 13.2 Å². The van der Waals surface area contributed by atoms with Gasteiger partial charge in [-0.1, -0.05) is 6.07 Å². The number of aromatic nitrogens is 1. The third kappa shape index (κ3) is 1.85. The molecule has 1 N–H and O–H groups in total. The van der Waals surface area contributed by atoms with Crippen molar-refractivity contribution < 1.29 is 14.6 Å². The Labute approximate surface area is 87.9 Å². The number of hydrogen-bond donors (Lipinski definition) is 1. The molecular weight excluding hydrogens is 194 g/mol. The number of aliphatic hydroxyl groups is 1. The van der Waals surface area contributed by atoms with Gasteiger partial charge in [0.2, 0.25) is 0 Å². The van der Waals surface area contributed by atoms with E-state index in [-0.39, 0.29) is 0 Å². The van der Waals surface area contributed by atoms with E-state index in [2.05, 4.69) is 9.72 Å². The standard InChI is InChI=1S/C11H13NO3/c1-15-11(14)9-6-5-7-8(12-9)3-2-4-10(7)13/h5-6,10,13H,2-4H2,1H3. The smallest absolute Gasteiger partial charge is 0.356 e. The number of pyridine rings is 1. The van der Waals surface area contributed by atoms with Crippen molar-refractivity contribution >= 4 is 5.97 Å². The lowest BCUT2D eigenvalue weighted by Crippen LogP contribution is -2.14. The van der Waals surface area contributed by atoms with E-state index in [0.29, 0.717) is 5.69 Å². The van der Waals surface area contributed by atoms with Gasteiger partial charge < -0.3 is 9.84 Å². The second kappa shape index (κ2) is 3.98. The summed E-state index contributed by atoms with van der Waals surface area (Å²) < 4.78 is 4.59. The van der Waals surface area contributed by atoms with E-state index in [0.717, 1.165) is 30.5 Å². The zero-order chi connectivity index (χ0) is 10.8. The zero-order valence-corrected chi connectivity index (χ0v) is 8.56. The van der Waals surface area contributed by atoms with Crippen molar-refractivity contribution in [2.45, 2.75) is 25.4 Å². The topological polar surface area (TPSA) is 59.4 Å². The van der Waals surface area contributed by atoms with E-state index >= 15 is 0 Å². The van der Waals surface area contributed by atoms with Gasteiger partial charge in [-0.2, -0.15) is 0 Å². The normalized spacial score (nSPS) is 19.5. The number of fused-ring (bicyclic) bond motifs is 1. The summed E-state index contributed by atoms with van der Waals surface area (Å²) in [6.45, 7) is 0. The molecule has 0 aliphatic heterocycles. The van der Waals surface area contributed by atoms with Crippen LogP contribution in [0.3, 0.4) is 0 Å². The number of carbonyl (C=O) groups is 1. The first kappa shape index (κ1) is 10.1. The molecule has 0 bridgehead atoms. The highest BCUT2D eigenvalue weighted by Gasteiger charge is 2.20. The fourth-order valence-corrected chi connectivity index (χ4v) is 1.85. The number of rotatable bonds is 1. The third-order valence-electron chi connectivity index (χ3n) is 2.65. The molecule has 1 heterocycles. The average Bonchev–Trinajstić information content (AvgIpc) is 2.28. The first-order valence-corrected chi connectivity index (χ1v) is 4.98. The summed E-state index contributed by atoms with van der Waals surface area (Å²) in [5.74, 6) is -0.433. The maximum atomic E-state index is 11.2. The minimum absolute atomic E-state index is 0.311. The molecule has 0 saturated carbocycles. The molecule has 0 saturated heterocycles. The number of aliphatic hydroxyl groups excluding tert-OH is 1. The molecule has 0 fully saturated rings. The Bertz CT molecular complexity index is 389. The summed E-state index contributed by atoms with van der Waals surface area (Å²) in [5.41, 5.74) is 1.97. The number of esters is 1. The fourth-order valence-electron chi connectivity index (χ4n) is 1.85. The predicted molar refractivity (Wildman–Crippen MR) is 53.5 cm³/mol. The van der Waals surface area contributed by atoms with Gasteiger partial charge in [-0.15, -0.1) is 0 Å². The molecule has 1 aromatic rings. The Kier molecular flexibility index (Phi) is 2.68. The Morgan fingerprint density at radius 2 is 2.40 bits per heavy atom. The van der Waals surface area contributed by atoms with Gasteiger partial charge in [-0.05, 0) is 25.3 Å². The van der Waals surface area contributed by atoms with Crippen LogP contribution in [0.15, 0.2) is 12.1 Å². The van der Waals surface area contributed by atoms with Gasteiger partial charge in [0.1, 0.15) is 5.69 Å². The van der Waals surface area contributed by atoms with Gasteiger partial charge in [0, 0.05) is 11.3 Å². The Balaban J connectivity index is 2.37. The highest BCUT2D eigenvalue weighted by Crippen LogP contribution is 2.28. The van der Waals surface area contributed by atoms with Crippen LogP contribution in [0.2, 0.25) is 0 Å². The van der Waals surface area contributed by atoms with Crippen molar-refractivity contribution in [3.8, 4) is 0 Å².